The number of likely N-dealkylation sites (N-methyl/N-ethyl adjacent to an activating group) is 1. The summed E-state index contributed by atoms with van der Waals surface area (Å²) in [6.07, 6.45) is 4.27. The summed E-state index contributed by atoms with van der Waals surface area (Å²) < 4.78 is 0. The molecule has 3 heteroatoms. The van der Waals surface area contributed by atoms with Crippen molar-refractivity contribution in [1.29, 1.82) is 0 Å². The van der Waals surface area contributed by atoms with E-state index in [0.717, 1.165) is 0 Å². The van der Waals surface area contributed by atoms with E-state index in [4.69, 9.17) is 0 Å². The zero-order chi connectivity index (χ0) is 9.26. The fourth-order valence-electron chi connectivity index (χ4n) is 1.46. The first-order valence-electron chi connectivity index (χ1n) is 4.64. The van der Waals surface area contributed by atoms with Gasteiger partial charge in [0.25, 0.3) is 0 Å². The maximum absolute atomic E-state index is 11.6. The molecule has 1 aliphatic carbocycles. The van der Waals surface area contributed by atoms with E-state index in [9.17, 15) is 4.79 Å². The highest BCUT2D eigenvalue weighted by molar-refractivity contribution is 5.95. The lowest BCUT2D eigenvalue weighted by Gasteiger charge is -2.13. The lowest BCUT2D eigenvalue weighted by atomic mass is 10.3. The second-order valence-electron chi connectivity index (χ2n) is 3.65. The van der Waals surface area contributed by atoms with E-state index in [1.807, 2.05) is 19.2 Å². The largest absolute Gasteiger partial charge is 0.359 e. The molecule has 3 nitrogen and oxygen atoms in total. The molecule has 0 atom stereocenters. The van der Waals surface area contributed by atoms with Crippen LogP contribution < -0.4 is 0 Å². The van der Waals surface area contributed by atoms with Gasteiger partial charge in [-0.05, 0) is 32.0 Å². The quantitative estimate of drug-likeness (QED) is 0.705. The van der Waals surface area contributed by atoms with Gasteiger partial charge in [0, 0.05) is 12.2 Å². The summed E-state index contributed by atoms with van der Waals surface area (Å²) in [6, 6.07) is 4.33. The SMILES string of the molecule is CN(CC(=O)c1ccc[nH]1)C1CC1. The zero-order valence-corrected chi connectivity index (χ0v) is 7.79. The molecule has 0 saturated heterocycles. The zero-order valence-electron chi connectivity index (χ0n) is 7.79. The van der Waals surface area contributed by atoms with Crippen LogP contribution >= 0.6 is 0 Å². The van der Waals surface area contributed by atoms with Gasteiger partial charge in [0.15, 0.2) is 5.78 Å². The molecule has 1 aliphatic rings. The second kappa shape index (κ2) is 3.34. The van der Waals surface area contributed by atoms with Gasteiger partial charge in [-0.1, -0.05) is 0 Å². The first kappa shape index (κ1) is 8.51. The number of ketones is 1. The average Bonchev–Trinajstić information content (AvgIpc) is 2.81. The standard InChI is InChI=1S/C10H14N2O/c1-12(8-4-5-8)7-10(13)9-3-2-6-11-9/h2-3,6,8,11H,4-5,7H2,1H3. The van der Waals surface area contributed by atoms with E-state index < -0.39 is 0 Å². The highest BCUT2D eigenvalue weighted by atomic mass is 16.1. The molecule has 1 saturated carbocycles. The molecule has 0 unspecified atom stereocenters. The summed E-state index contributed by atoms with van der Waals surface area (Å²) in [5.41, 5.74) is 0.715. The van der Waals surface area contributed by atoms with Gasteiger partial charge >= 0.3 is 0 Å². The molecule has 70 valence electrons. The Morgan fingerprint density at radius 2 is 2.46 bits per heavy atom. The normalized spacial score (nSPS) is 16.5. The first-order chi connectivity index (χ1) is 6.27. The Balaban J connectivity index is 1.91. The fourth-order valence-corrected chi connectivity index (χ4v) is 1.46. The van der Waals surface area contributed by atoms with E-state index >= 15 is 0 Å². The van der Waals surface area contributed by atoms with Crippen LogP contribution in [0, 0.1) is 0 Å². The number of H-pyrrole nitrogens is 1. The topological polar surface area (TPSA) is 36.1 Å². The minimum absolute atomic E-state index is 0.180. The third-order valence-electron chi connectivity index (χ3n) is 2.46. The highest BCUT2D eigenvalue weighted by Gasteiger charge is 2.27. The molecule has 1 fully saturated rings. The number of carbonyl (C=O) groups is 1. The summed E-state index contributed by atoms with van der Waals surface area (Å²) >= 11 is 0. The molecule has 1 N–H and O–H groups in total. The molecule has 0 aromatic carbocycles. The second-order valence-corrected chi connectivity index (χ2v) is 3.65. The van der Waals surface area contributed by atoms with Crippen LogP contribution in [0.1, 0.15) is 23.3 Å². The van der Waals surface area contributed by atoms with Crippen molar-refractivity contribution in [3.05, 3.63) is 24.0 Å². The van der Waals surface area contributed by atoms with Crippen LogP contribution in [0.2, 0.25) is 0 Å². The van der Waals surface area contributed by atoms with E-state index in [2.05, 4.69) is 9.88 Å². The first-order valence-corrected chi connectivity index (χ1v) is 4.64. The summed E-state index contributed by atoms with van der Waals surface area (Å²) in [5, 5.41) is 0. The molecule has 1 aromatic rings. The Morgan fingerprint density at radius 3 is 3.00 bits per heavy atom. The highest BCUT2D eigenvalue weighted by Crippen LogP contribution is 2.25. The molecule has 2 rings (SSSR count). The third-order valence-corrected chi connectivity index (χ3v) is 2.46. The van der Waals surface area contributed by atoms with Gasteiger partial charge in [-0.2, -0.15) is 0 Å². The summed E-state index contributed by atoms with van der Waals surface area (Å²) in [5.74, 6) is 0.180. The predicted molar refractivity (Wildman–Crippen MR) is 50.8 cm³/mol. The number of aromatic amines is 1. The van der Waals surface area contributed by atoms with Crippen LogP contribution in [-0.2, 0) is 0 Å². The van der Waals surface area contributed by atoms with Crippen molar-refractivity contribution in [3.8, 4) is 0 Å². The van der Waals surface area contributed by atoms with Gasteiger partial charge in [-0.15, -0.1) is 0 Å². The van der Waals surface area contributed by atoms with Crippen molar-refractivity contribution in [1.82, 2.24) is 9.88 Å². The Kier molecular flexibility index (Phi) is 2.19. The van der Waals surface area contributed by atoms with Gasteiger partial charge in [0.05, 0.1) is 12.2 Å². The number of rotatable bonds is 4. The molecule has 0 radical (unpaired) electrons. The molecule has 13 heavy (non-hydrogen) atoms. The van der Waals surface area contributed by atoms with Gasteiger partial charge in [-0.25, -0.2) is 0 Å². The Morgan fingerprint density at radius 1 is 1.69 bits per heavy atom. The summed E-state index contributed by atoms with van der Waals surface area (Å²) in [4.78, 5) is 16.6. The van der Waals surface area contributed by atoms with Crippen LogP contribution in [0.5, 0.6) is 0 Å². The van der Waals surface area contributed by atoms with Crippen LogP contribution in [0.3, 0.4) is 0 Å². The van der Waals surface area contributed by atoms with Gasteiger partial charge in [-0.3, -0.25) is 9.69 Å². The maximum Gasteiger partial charge on any atom is 0.192 e. The molecule has 1 aromatic heterocycles. The Hall–Kier alpha value is -1.09. The lowest BCUT2D eigenvalue weighted by Crippen LogP contribution is -2.28. The molecule has 1 heterocycles. The number of aromatic nitrogens is 1. The van der Waals surface area contributed by atoms with Gasteiger partial charge in [0.2, 0.25) is 0 Å². The third kappa shape index (κ3) is 1.98. The number of Topliss-reactive ketones (excluding diaryl/α,β-unsaturated/α-hetero) is 1. The van der Waals surface area contributed by atoms with Crippen molar-refractivity contribution in [2.24, 2.45) is 0 Å². The number of nitrogens with zero attached hydrogens (tertiary/aromatic N) is 1. The molecular weight excluding hydrogens is 164 g/mol. The molecule has 0 bridgehead atoms. The Labute approximate surface area is 77.7 Å². The van der Waals surface area contributed by atoms with Crippen molar-refractivity contribution in [2.45, 2.75) is 18.9 Å². The van der Waals surface area contributed by atoms with Crippen LogP contribution in [0.25, 0.3) is 0 Å². The van der Waals surface area contributed by atoms with E-state index in [-0.39, 0.29) is 5.78 Å². The van der Waals surface area contributed by atoms with Gasteiger partial charge < -0.3 is 4.98 Å². The monoisotopic (exact) mass is 178 g/mol. The van der Waals surface area contributed by atoms with Crippen molar-refractivity contribution in [3.63, 3.8) is 0 Å². The molecule has 0 aliphatic heterocycles. The number of hydrogen-bond acceptors (Lipinski definition) is 2. The molecular formula is C10H14N2O. The van der Waals surface area contributed by atoms with Crippen LogP contribution in [0.15, 0.2) is 18.3 Å². The van der Waals surface area contributed by atoms with E-state index in [0.29, 0.717) is 18.3 Å². The lowest BCUT2D eigenvalue weighted by molar-refractivity contribution is 0.0938. The molecule has 0 spiro atoms. The van der Waals surface area contributed by atoms with Crippen molar-refractivity contribution >= 4 is 5.78 Å². The summed E-state index contributed by atoms with van der Waals surface area (Å²) in [6.45, 7) is 0.533. The molecule has 0 amide bonds. The maximum atomic E-state index is 11.6. The van der Waals surface area contributed by atoms with Gasteiger partial charge in [0.1, 0.15) is 0 Å². The van der Waals surface area contributed by atoms with Crippen molar-refractivity contribution < 1.29 is 4.79 Å². The minimum Gasteiger partial charge on any atom is -0.359 e. The fraction of sp³-hybridized carbons (Fsp3) is 0.500. The van der Waals surface area contributed by atoms with E-state index in [1.54, 1.807) is 6.20 Å². The predicted octanol–water partition coefficient (Wildman–Crippen LogP) is 1.29. The average molecular weight is 178 g/mol. The smallest absolute Gasteiger partial charge is 0.192 e. The minimum atomic E-state index is 0.180. The number of hydrogen-bond donors (Lipinski definition) is 1. The number of nitrogens with one attached hydrogen (secondary N) is 1. The van der Waals surface area contributed by atoms with Crippen LogP contribution in [-0.4, -0.2) is 35.3 Å². The Bertz CT molecular complexity index is 288. The number of carbonyl (C=O) groups excluding carboxylic acids is 1. The van der Waals surface area contributed by atoms with E-state index in [1.165, 1.54) is 12.8 Å². The van der Waals surface area contributed by atoms with Crippen molar-refractivity contribution in [2.75, 3.05) is 13.6 Å². The van der Waals surface area contributed by atoms with Crippen LogP contribution in [0.4, 0.5) is 0 Å². The summed E-state index contributed by atoms with van der Waals surface area (Å²) in [7, 11) is 2.01.